The van der Waals surface area contributed by atoms with Gasteiger partial charge in [0.25, 0.3) is 0 Å². The number of benzene rings is 1. The summed E-state index contributed by atoms with van der Waals surface area (Å²) in [5.74, 6) is 0.179. The molecular formula is C19H27N2O2. The van der Waals surface area contributed by atoms with Crippen LogP contribution in [0.3, 0.4) is 0 Å². The number of aliphatic hydroxyl groups is 1. The second kappa shape index (κ2) is 7.45. The molecule has 0 spiro atoms. The minimum atomic E-state index is -0.826. The average molecular weight is 315 g/mol. The molecule has 23 heavy (non-hydrogen) atoms. The number of hydrogen-bond acceptors (Lipinski definition) is 3. The fourth-order valence-corrected chi connectivity index (χ4v) is 3.81. The van der Waals surface area contributed by atoms with Gasteiger partial charge in [-0.3, -0.25) is 9.69 Å². The lowest BCUT2D eigenvalue weighted by atomic mass is 9.88. The third-order valence-electron chi connectivity index (χ3n) is 5.18. The molecule has 4 heteroatoms. The Morgan fingerprint density at radius 2 is 1.91 bits per heavy atom. The van der Waals surface area contributed by atoms with E-state index in [0.717, 1.165) is 45.2 Å². The van der Waals surface area contributed by atoms with E-state index >= 15 is 0 Å². The average Bonchev–Trinajstić information content (AvgIpc) is 2.59. The topological polar surface area (TPSA) is 52.6 Å². The van der Waals surface area contributed by atoms with Gasteiger partial charge in [0.2, 0.25) is 5.91 Å². The number of carbonyl (C=O) groups is 1. The number of nitrogens with zero attached hydrogens (tertiary/aromatic N) is 1. The monoisotopic (exact) mass is 315 g/mol. The fraction of sp³-hybridized carbons (Fsp3) is 0.579. The van der Waals surface area contributed by atoms with Crippen LogP contribution in [0.15, 0.2) is 24.3 Å². The quantitative estimate of drug-likeness (QED) is 0.896. The maximum absolute atomic E-state index is 12.5. The molecule has 1 heterocycles. The summed E-state index contributed by atoms with van der Waals surface area (Å²) in [6.45, 7) is 5.35. The van der Waals surface area contributed by atoms with Crippen LogP contribution >= 0.6 is 0 Å². The highest BCUT2D eigenvalue weighted by molar-refractivity contribution is 5.79. The van der Waals surface area contributed by atoms with E-state index in [1.54, 1.807) is 0 Å². The zero-order valence-electron chi connectivity index (χ0n) is 13.7. The van der Waals surface area contributed by atoms with E-state index in [4.69, 9.17) is 0 Å². The van der Waals surface area contributed by atoms with E-state index in [2.05, 4.69) is 35.3 Å². The van der Waals surface area contributed by atoms with Gasteiger partial charge in [0, 0.05) is 19.0 Å². The van der Waals surface area contributed by atoms with Gasteiger partial charge in [-0.25, -0.2) is 0 Å². The van der Waals surface area contributed by atoms with Gasteiger partial charge in [-0.05, 0) is 37.3 Å². The van der Waals surface area contributed by atoms with Crippen molar-refractivity contribution >= 4 is 5.91 Å². The molecule has 0 aromatic heterocycles. The zero-order chi connectivity index (χ0) is 16.2. The number of carbonyl (C=O) groups excluding carboxylic acids is 1. The molecule has 2 N–H and O–H groups in total. The summed E-state index contributed by atoms with van der Waals surface area (Å²) in [4.78, 5) is 14.7. The molecule has 0 saturated heterocycles. The van der Waals surface area contributed by atoms with E-state index in [-0.39, 0.29) is 11.8 Å². The maximum Gasteiger partial charge on any atom is 0.224 e. The first-order valence-electron chi connectivity index (χ1n) is 8.77. The summed E-state index contributed by atoms with van der Waals surface area (Å²) in [6.07, 6.45) is 5.14. The summed E-state index contributed by atoms with van der Waals surface area (Å²) < 4.78 is 0. The van der Waals surface area contributed by atoms with Crippen molar-refractivity contribution in [2.24, 2.45) is 5.92 Å². The van der Waals surface area contributed by atoms with E-state index in [1.165, 1.54) is 17.5 Å². The first-order chi connectivity index (χ1) is 11.1. The SMILES string of the molecule is [CH2][C@H](O)[C@@H](NC(=O)C1CCCCC1)N1CCc2ccccc2C1. The van der Waals surface area contributed by atoms with Gasteiger partial charge in [-0.2, -0.15) is 0 Å². The standard InChI is InChI=1S/C19H27N2O2/c1-14(22)18(20-19(23)16-8-3-2-4-9-16)21-12-11-15-7-5-6-10-17(15)13-21/h5-7,10,14,16,18,22H,1-4,8-9,11-13H2,(H,20,23)/t14-,18-/m0/s1. The molecule has 1 saturated carbocycles. The molecule has 1 aliphatic heterocycles. The number of aliphatic hydroxyl groups excluding tert-OH is 1. The highest BCUT2D eigenvalue weighted by atomic mass is 16.3. The smallest absolute Gasteiger partial charge is 0.224 e. The third kappa shape index (κ3) is 3.93. The molecule has 1 radical (unpaired) electrons. The molecule has 1 aromatic rings. The van der Waals surface area contributed by atoms with Crippen LogP contribution in [0.5, 0.6) is 0 Å². The lowest BCUT2D eigenvalue weighted by Crippen LogP contribution is -2.56. The molecule has 1 fully saturated rings. The van der Waals surface area contributed by atoms with Crippen LogP contribution in [0.25, 0.3) is 0 Å². The highest BCUT2D eigenvalue weighted by Gasteiger charge is 2.30. The Kier molecular flexibility index (Phi) is 5.34. The van der Waals surface area contributed by atoms with Crippen LogP contribution in [-0.4, -0.2) is 34.7 Å². The minimum absolute atomic E-state index is 0.0799. The molecule has 2 aliphatic rings. The van der Waals surface area contributed by atoms with Gasteiger partial charge in [0.05, 0.1) is 6.10 Å². The Balaban J connectivity index is 1.66. The Hall–Kier alpha value is -1.39. The summed E-state index contributed by atoms with van der Waals surface area (Å²) >= 11 is 0. The number of fused-ring (bicyclic) bond motifs is 1. The van der Waals surface area contributed by atoms with Gasteiger partial charge in [-0.15, -0.1) is 0 Å². The van der Waals surface area contributed by atoms with Crippen molar-refractivity contribution in [3.63, 3.8) is 0 Å². The van der Waals surface area contributed by atoms with Crippen molar-refractivity contribution in [3.8, 4) is 0 Å². The van der Waals surface area contributed by atoms with E-state index in [0.29, 0.717) is 0 Å². The zero-order valence-corrected chi connectivity index (χ0v) is 13.7. The molecule has 0 unspecified atom stereocenters. The van der Waals surface area contributed by atoms with Crippen molar-refractivity contribution in [2.45, 2.75) is 57.3 Å². The molecule has 4 nitrogen and oxygen atoms in total. The second-order valence-electron chi connectivity index (χ2n) is 6.84. The number of amides is 1. The molecule has 3 rings (SSSR count). The number of rotatable bonds is 4. The molecule has 1 aromatic carbocycles. The lowest BCUT2D eigenvalue weighted by molar-refractivity contribution is -0.129. The summed E-state index contributed by atoms with van der Waals surface area (Å²) in [5, 5.41) is 13.2. The Labute approximate surface area is 138 Å². The van der Waals surface area contributed by atoms with Gasteiger partial charge in [0.1, 0.15) is 6.17 Å². The molecule has 2 atom stereocenters. The maximum atomic E-state index is 12.5. The molecule has 0 bridgehead atoms. The summed E-state index contributed by atoms with van der Waals surface area (Å²) in [6, 6.07) is 8.38. The van der Waals surface area contributed by atoms with Crippen molar-refractivity contribution in [2.75, 3.05) is 6.54 Å². The Bertz CT molecular complexity index is 538. The van der Waals surface area contributed by atoms with Gasteiger partial charge in [0.15, 0.2) is 0 Å². The Morgan fingerprint density at radius 1 is 1.22 bits per heavy atom. The van der Waals surface area contributed by atoms with Crippen molar-refractivity contribution in [1.82, 2.24) is 10.2 Å². The minimum Gasteiger partial charge on any atom is -0.390 e. The predicted octanol–water partition coefficient (Wildman–Crippen LogP) is 2.26. The normalized spacial score (nSPS) is 22.2. The van der Waals surface area contributed by atoms with Gasteiger partial charge >= 0.3 is 0 Å². The molecule has 1 aliphatic carbocycles. The molecular weight excluding hydrogens is 288 g/mol. The van der Waals surface area contributed by atoms with Crippen LogP contribution in [0.1, 0.15) is 43.2 Å². The van der Waals surface area contributed by atoms with E-state index < -0.39 is 12.3 Å². The first kappa shape index (κ1) is 16.5. The van der Waals surface area contributed by atoms with Crippen molar-refractivity contribution in [1.29, 1.82) is 0 Å². The highest BCUT2D eigenvalue weighted by Crippen LogP contribution is 2.25. The van der Waals surface area contributed by atoms with Crippen molar-refractivity contribution < 1.29 is 9.90 Å². The summed E-state index contributed by atoms with van der Waals surface area (Å²) in [7, 11) is 0. The summed E-state index contributed by atoms with van der Waals surface area (Å²) in [5.41, 5.74) is 2.64. The fourth-order valence-electron chi connectivity index (χ4n) is 3.81. The first-order valence-corrected chi connectivity index (χ1v) is 8.77. The lowest BCUT2D eigenvalue weighted by Gasteiger charge is -2.38. The molecule has 1 amide bonds. The number of nitrogens with one attached hydrogen (secondary N) is 1. The largest absolute Gasteiger partial charge is 0.390 e. The third-order valence-corrected chi connectivity index (χ3v) is 5.18. The van der Waals surface area contributed by atoms with Crippen LogP contribution in [0.4, 0.5) is 0 Å². The van der Waals surface area contributed by atoms with E-state index in [9.17, 15) is 9.90 Å². The van der Waals surface area contributed by atoms with Crippen molar-refractivity contribution in [3.05, 3.63) is 42.3 Å². The Morgan fingerprint density at radius 3 is 2.61 bits per heavy atom. The van der Waals surface area contributed by atoms with E-state index in [1.807, 2.05) is 6.07 Å². The van der Waals surface area contributed by atoms with Gasteiger partial charge < -0.3 is 10.4 Å². The van der Waals surface area contributed by atoms with Crippen LogP contribution in [0.2, 0.25) is 0 Å². The van der Waals surface area contributed by atoms with Crippen LogP contribution < -0.4 is 5.32 Å². The molecule has 125 valence electrons. The van der Waals surface area contributed by atoms with Gasteiger partial charge in [-0.1, -0.05) is 43.5 Å². The number of hydrogen-bond donors (Lipinski definition) is 2. The predicted molar refractivity (Wildman–Crippen MR) is 90.4 cm³/mol. The van der Waals surface area contributed by atoms with Crippen LogP contribution in [-0.2, 0) is 17.8 Å². The van der Waals surface area contributed by atoms with Crippen LogP contribution in [0, 0.1) is 12.8 Å². The second-order valence-corrected chi connectivity index (χ2v) is 6.84.